The molecule has 3 heterocycles. The third-order valence-electron chi connectivity index (χ3n) is 7.22. The van der Waals surface area contributed by atoms with Crippen molar-refractivity contribution in [2.24, 2.45) is 0 Å². The molecule has 1 aromatic carbocycles. The van der Waals surface area contributed by atoms with Crippen LogP contribution in [0.3, 0.4) is 0 Å². The number of hydrogen-bond donors (Lipinski definition) is 2. The lowest BCUT2D eigenvalue weighted by Gasteiger charge is -2.30. The van der Waals surface area contributed by atoms with Gasteiger partial charge in [-0.3, -0.25) is 14.6 Å². The van der Waals surface area contributed by atoms with E-state index >= 15 is 0 Å². The Morgan fingerprint density at radius 2 is 1.58 bits per heavy atom. The van der Waals surface area contributed by atoms with E-state index in [0.717, 1.165) is 113 Å². The number of benzene rings is 1. The molecule has 2 fully saturated rings. The van der Waals surface area contributed by atoms with E-state index in [1.165, 1.54) is 11.1 Å². The van der Waals surface area contributed by atoms with Crippen molar-refractivity contribution in [1.82, 2.24) is 25.0 Å². The Labute approximate surface area is 219 Å². The van der Waals surface area contributed by atoms with Gasteiger partial charge in [-0.05, 0) is 80.2 Å². The van der Waals surface area contributed by atoms with Gasteiger partial charge in [-0.15, -0.1) is 0 Å². The van der Waals surface area contributed by atoms with Gasteiger partial charge < -0.3 is 24.7 Å². The number of thiocarbonyl (C=S) groups is 1. The van der Waals surface area contributed by atoms with Gasteiger partial charge in [-0.1, -0.05) is 0 Å². The van der Waals surface area contributed by atoms with E-state index in [9.17, 15) is 4.79 Å². The zero-order valence-electron chi connectivity index (χ0n) is 21.8. The molecular formula is C27H41N5O3S. The molecule has 9 heteroatoms. The summed E-state index contributed by atoms with van der Waals surface area (Å²) in [5, 5.41) is 5.24. The van der Waals surface area contributed by atoms with Crippen LogP contribution in [0.25, 0.3) is 10.9 Å². The highest BCUT2D eigenvalue weighted by atomic mass is 32.1. The summed E-state index contributed by atoms with van der Waals surface area (Å²) in [7, 11) is 0. The van der Waals surface area contributed by atoms with Crippen LogP contribution in [0, 0.1) is 13.8 Å². The molecule has 36 heavy (non-hydrogen) atoms. The largest absolute Gasteiger partial charge is 0.379 e. The van der Waals surface area contributed by atoms with Crippen molar-refractivity contribution in [3.8, 4) is 0 Å². The van der Waals surface area contributed by atoms with Gasteiger partial charge in [0, 0.05) is 56.9 Å². The van der Waals surface area contributed by atoms with Crippen molar-refractivity contribution in [1.29, 1.82) is 0 Å². The summed E-state index contributed by atoms with van der Waals surface area (Å²) in [5.74, 6) is 0. The predicted molar refractivity (Wildman–Crippen MR) is 149 cm³/mol. The summed E-state index contributed by atoms with van der Waals surface area (Å²) >= 11 is 5.83. The minimum atomic E-state index is -0.0425. The SMILES string of the molecule is Cc1cc2cc(CN(CCCN3CCOCC3)C(=S)NCCCN3CCOCC3)c(=O)[nH]c2cc1C. The average molecular weight is 516 g/mol. The number of morpholine rings is 2. The van der Waals surface area contributed by atoms with E-state index in [2.05, 4.69) is 51.0 Å². The van der Waals surface area contributed by atoms with Gasteiger partial charge in [-0.25, -0.2) is 0 Å². The molecule has 1 aromatic heterocycles. The zero-order valence-corrected chi connectivity index (χ0v) is 22.6. The lowest BCUT2D eigenvalue weighted by Crippen LogP contribution is -2.43. The molecule has 2 aromatic rings. The number of nitrogens with one attached hydrogen (secondary N) is 2. The minimum Gasteiger partial charge on any atom is -0.379 e. The van der Waals surface area contributed by atoms with Crippen molar-refractivity contribution in [3.05, 3.63) is 45.2 Å². The summed E-state index contributed by atoms with van der Waals surface area (Å²) in [4.78, 5) is 23.1. The van der Waals surface area contributed by atoms with Crippen LogP contribution in [-0.2, 0) is 16.0 Å². The molecule has 2 aliphatic heterocycles. The number of ether oxygens (including phenoxy) is 2. The maximum absolute atomic E-state index is 13.0. The van der Waals surface area contributed by atoms with Crippen LogP contribution >= 0.6 is 12.2 Å². The Hall–Kier alpha value is -2.04. The summed E-state index contributed by atoms with van der Waals surface area (Å²) in [6.45, 7) is 15.6. The molecule has 0 atom stereocenters. The molecule has 2 N–H and O–H groups in total. The fourth-order valence-corrected chi connectivity index (χ4v) is 5.10. The highest BCUT2D eigenvalue weighted by Crippen LogP contribution is 2.18. The number of H-pyrrole nitrogens is 1. The minimum absolute atomic E-state index is 0.0425. The third kappa shape index (κ3) is 7.73. The molecule has 0 saturated carbocycles. The summed E-state index contributed by atoms with van der Waals surface area (Å²) in [6.07, 6.45) is 2.01. The molecule has 0 bridgehead atoms. The van der Waals surface area contributed by atoms with Crippen LogP contribution < -0.4 is 10.9 Å². The molecule has 2 saturated heterocycles. The van der Waals surface area contributed by atoms with Crippen LogP contribution in [-0.4, -0.2) is 104 Å². The first-order chi connectivity index (χ1) is 17.5. The van der Waals surface area contributed by atoms with E-state index in [1.54, 1.807) is 0 Å². The topological polar surface area (TPSA) is 73.1 Å². The molecule has 198 valence electrons. The Balaban J connectivity index is 1.39. The second-order valence-electron chi connectivity index (χ2n) is 9.92. The first-order valence-electron chi connectivity index (χ1n) is 13.3. The number of nitrogens with zero attached hydrogens (tertiary/aromatic N) is 3. The molecule has 0 spiro atoms. The molecule has 0 amide bonds. The lowest BCUT2D eigenvalue weighted by atomic mass is 10.0. The van der Waals surface area contributed by atoms with E-state index in [-0.39, 0.29) is 5.56 Å². The van der Waals surface area contributed by atoms with E-state index in [4.69, 9.17) is 21.7 Å². The normalized spacial score (nSPS) is 17.4. The Morgan fingerprint density at radius 3 is 2.25 bits per heavy atom. The summed E-state index contributed by atoms with van der Waals surface area (Å²) in [5.41, 5.74) is 3.99. The number of aromatic amines is 1. The van der Waals surface area contributed by atoms with Crippen LogP contribution in [0.4, 0.5) is 0 Å². The number of pyridine rings is 1. The Kier molecular flexibility index (Phi) is 10.1. The smallest absolute Gasteiger partial charge is 0.253 e. The van der Waals surface area contributed by atoms with Gasteiger partial charge in [0.1, 0.15) is 0 Å². The van der Waals surface area contributed by atoms with Crippen molar-refractivity contribution >= 4 is 28.2 Å². The fraction of sp³-hybridized carbons (Fsp3) is 0.630. The van der Waals surface area contributed by atoms with Gasteiger partial charge in [0.15, 0.2) is 5.11 Å². The first kappa shape index (κ1) is 27.0. The second-order valence-corrected chi connectivity index (χ2v) is 10.3. The molecular weight excluding hydrogens is 474 g/mol. The van der Waals surface area contributed by atoms with Gasteiger partial charge in [0.05, 0.1) is 33.0 Å². The van der Waals surface area contributed by atoms with Gasteiger partial charge in [0.25, 0.3) is 5.56 Å². The number of hydrogen-bond acceptors (Lipinski definition) is 6. The van der Waals surface area contributed by atoms with Crippen molar-refractivity contribution in [2.45, 2.75) is 33.2 Å². The summed E-state index contributed by atoms with van der Waals surface area (Å²) in [6, 6.07) is 6.22. The van der Waals surface area contributed by atoms with E-state index < -0.39 is 0 Å². The first-order valence-corrected chi connectivity index (χ1v) is 13.7. The molecule has 0 aliphatic carbocycles. The lowest BCUT2D eigenvalue weighted by molar-refractivity contribution is 0.0367. The quantitative estimate of drug-likeness (QED) is 0.369. The number of aryl methyl sites for hydroxylation is 2. The highest BCUT2D eigenvalue weighted by Gasteiger charge is 2.16. The standard InChI is InChI=1S/C27H41N5O3S/c1-21-17-23-19-24(26(33)29-25(23)18-22(21)2)20-32(8-4-7-31-11-15-35-16-12-31)27(36)28-5-3-6-30-9-13-34-14-10-30/h17-19H,3-16,20H2,1-2H3,(H,28,36)(H,29,33). The maximum Gasteiger partial charge on any atom is 0.253 e. The Bertz CT molecular complexity index is 1060. The van der Waals surface area contributed by atoms with Crippen LogP contribution in [0.15, 0.2) is 23.0 Å². The number of fused-ring (bicyclic) bond motifs is 1. The second kappa shape index (κ2) is 13.5. The molecule has 4 rings (SSSR count). The molecule has 0 unspecified atom stereocenters. The van der Waals surface area contributed by atoms with E-state index in [1.807, 2.05) is 6.07 Å². The molecule has 0 radical (unpaired) electrons. The molecule has 8 nitrogen and oxygen atoms in total. The van der Waals surface area contributed by atoms with Crippen LogP contribution in [0.2, 0.25) is 0 Å². The van der Waals surface area contributed by atoms with Gasteiger partial charge in [0.2, 0.25) is 0 Å². The Morgan fingerprint density at radius 1 is 0.972 bits per heavy atom. The maximum atomic E-state index is 13.0. The third-order valence-corrected chi connectivity index (χ3v) is 7.62. The number of rotatable bonds is 10. The highest BCUT2D eigenvalue weighted by molar-refractivity contribution is 7.80. The fourth-order valence-electron chi connectivity index (χ4n) is 4.84. The predicted octanol–water partition coefficient (Wildman–Crippen LogP) is 2.27. The number of aromatic nitrogens is 1. The molecule has 2 aliphatic rings. The summed E-state index contributed by atoms with van der Waals surface area (Å²) < 4.78 is 10.9. The van der Waals surface area contributed by atoms with Gasteiger partial charge >= 0.3 is 0 Å². The zero-order chi connectivity index (χ0) is 25.3. The van der Waals surface area contributed by atoms with Crippen molar-refractivity contribution in [2.75, 3.05) is 78.8 Å². The van der Waals surface area contributed by atoms with Crippen LogP contribution in [0.1, 0.15) is 29.5 Å². The van der Waals surface area contributed by atoms with E-state index in [0.29, 0.717) is 6.54 Å². The van der Waals surface area contributed by atoms with Crippen molar-refractivity contribution < 1.29 is 9.47 Å². The van der Waals surface area contributed by atoms with Gasteiger partial charge in [-0.2, -0.15) is 0 Å². The van der Waals surface area contributed by atoms with Crippen molar-refractivity contribution in [3.63, 3.8) is 0 Å². The van der Waals surface area contributed by atoms with Crippen LogP contribution in [0.5, 0.6) is 0 Å². The monoisotopic (exact) mass is 515 g/mol. The average Bonchev–Trinajstić information content (AvgIpc) is 2.88.